The van der Waals surface area contributed by atoms with Crippen LogP contribution in [0.4, 0.5) is 0 Å². The van der Waals surface area contributed by atoms with E-state index in [1.807, 2.05) is 0 Å². The van der Waals surface area contributed by atoms with Crippen LogP contribution in [-0.4, -0.2) is 126 Å². The zero-order chi connectivity index (χ0) is 56.5. The topological polar surface area (TPSA) is 237 Å². The van der Waals surface area contributed by atoms with E-state index < -0.39 is 94.4 Å². The van der Waals surface area contributed by atoms with E-state index >= 15 is 0 Å². The number of aliphatic carboxylic acids is 3. The number of carboxylic acid groups (broad SMARTS) is 3. The van der Waals surface area contributed by atoms with Gasteiger partial charge in [-0.2, -0.15) is 0 Å². The van der Waals surface area contributed by atoms with Crippen LogP contribution in [0.5, 0.6) is 17.2 Å². The maximum absolute atomic E-state index is 11.7. The van der Waals surface area contributed by atoms with Gasteiger partial charge in [0.25, 0.3) is 0 Å². The summed E-state index contributed by atoms with van der Waals surface area (Å²) in [7, 11) is 0. The third kappa shape index (κ3) is 17.6. The van der Waals surface area contributed by atoms with Crippen LogP contribution in [0.1, 0.15) is 181 Å². The van der Waals surface area contributed by atoms with Gasteiger partial charge in [-0.15, -0.1) is 0 Å². The van der Waals surface area contributed by atoms with Crippen LogP contribution < -0.4 is 14.2 Å². The summed E-state index contributed by atoms with van der Waals surface area (Å²) >= 11 is 0. The van der Waals surface area contributed by atoms with Crippen LogP contribution >= 0.6 is 0 Å². The Kier molecular flexibility index (Phi) is 21.8. The van der Waals surface area contributed by atoms with Crippen molar-refractivity contribution in [2.75, 3.05) is 59.5 Å². The summed E-state index contributed by atoms with van der Waals surface area (Å²) in [5.74, 6) is -3.34. The van der Waals surface area contributed by atoms with Gasteiger partial charge in [-0.25, -0.2) is 19.3 Å². The second-order valence-corrected chi connectivity index (χ2v) is 25.2. The number of benzene rings is 3. The Hall–Kier alpha value is -4.81. The van der Waals surface area contributed by atoms with Crippen molar-refractivity contribution in [3.63, 3.8) is 0 Å². The van der Waals surface area contributed by atoms with E-state index in [0.29, 0.717) is 17.2 Å². The van der Waals surface area contributed by atoms with Crippen LogP contribution in [0.3, 0.4) is 0 Å². The van der Waals surface area contributed by atoms with Gasteiger partial charge < -0.3 is 54.0 Å². The lowest BCUT2D eigenvalue weighted by atomic mass is 9.70. The number of hydrogen-bond donors (Lipinski definition) is 6. The largest absolute Gasteiger partial charge is 0.491 e. The second-order valence-electron chi connectivity index (χ2n) is 25.2. The van der Waals surface area contributed by atoms with Gasteiger partial charge in [-0.05, 0) is 49.2 Å². The van der Waals surface area contributed by atoms with Crippen LogP contribution in [-0.2, 0) is 66.0 Å². The highest BCUT2D eigenvalue weighted by atomic mass is 17.1. The van der Waals surface area contributed by atoms with E-state index in [-0.39, 0.29) is 39.6 Å². The lowest BCUT2D eigenvalue weighted by Gasteiger charge is -2.36. The number of ether oxygens (including phenoxy) is 6. The second kappa shape index (κ2) is 25.4. The summed E-state index contributed by atoms with van der Waals surface area (Å²) in [5.41, 5.74) is 5.11. The van der Waals surface area contributed by atoms with Crippen molar-refractivity contribution in [3.05, 3.63) is 86.5 Å². The van der Waals surface area contributed by atoms with Gasteiger partial charge in [0, 0.05) is 39.3 Å². The minimum Gasteiger partial charge on any atom is -0.491 e. The molecular formula is C58H88O16. The Labute approximate surface area is 439 Å². The Morgan fingerprint density at radius 3 is 0.892 bits per heavy atom. The molecular weight excluding hydrogens is 953 g/mol. The van der Waals surface area contributed by atoms with Gasteiger partial charge >= 0.3 is 17.9 Å². The summed E-state index contributed by atoms with van der Waals surface area (Å²) in [4.78, 5) is 38.8. The Morgan fingerprint density at radius 2 is 0.676 bits per heavy atom. The van der Waals surface area contributed by atoms with E-state index in [0.717, 1.165) is 50.1 Å². The average Bonchev–Trinajstić information content (AvgIpc) is 3.25. The molecule has 3 rings (SSSR count). The van der Waals surface area contributed by atoms with Gasteiger partial charge in [0.1, 0.15) is 37.1 Å². The fraction of sp³-hybridized carbons (Fsp3) is 0.638. The highest BCUT2D eigenvalue weighted by Crippen LogP contribution is 2.53. The van der Waals surface area contributed by atoms with Crippen molar-refractivity contribution in [3.8, 4) is 17.2 Å². The molecule has 3 aromatic carbocycles. The van der Waals surface area contributed by atoms with E-state index in [1.165, 1.54) is 0 Å². The maximum atomic E-state index is 11.7. The molecule has 74 heavy (non-hydrogen) atoms. The molecule has 0 fully saturated rings. The van der Waals surface area contributed by atoms with Crippen molar-refractivity contribution in [2.24, 2.45) is 0 Å². The molecule has 0 amide bonds. The first-order valence-electron chi connectivity index (χ1n) is 25.3. The molecule has 0 aliphatic rings. The Morgan fingerprint density at radius 1 is 0.405 bits per heavy atom. The van der Waals surface area contributed by atoms with Crippen molar-refractivity contribution in [1.29, 1.82) is 0 Å². The third-order valence-electron chi connectivity index (χ3n) is 12.5. The number of carbonyl (C=O) groups is 3. The first kappa shape index (κ1) is 63.5. The van der Waals surface area contributed by atoms with Crippen molar-refractivity contribution in [1.82, 2.24) is 0 Å². The summed E-state index contributed by atoms with van der Waals surface area (Å²) in [6.45, 7) is 36.7. The molecule has 6 N–H and O–H groups in total. The number of carboxylic acids is 3. The molecule has 0 saturated carbocycles. The zero-order valence-corrected chi connectivity index (χ0v) is 47.4. The number of rotatable bonds is 25. The van der Waals surface area contributed by atoms with Crippen LogP contribution in [0.2, 0.25) is 0 Å². The summed E-state index contributed by atoms with van der Waals surface area (Å²) in [6, 6.07) is 13.0. The molecule has 16 heteroatoms. The molecule has 416 valence electrons. The highest BCUT2D eigenvalue weighted by Gasteiger charge is 2.39. The quantitative estimate of drug-likeness (QED) is 0.0200. The number of hydrogen-bond acceptors (Lipinski definition) is 13. The first-order chi connectivity index (χ1) is 33.8. The van der Waals surface area contributed by atoms with E-state index in [1.54, 1.807) is 0 Å². The average molecular weight is 1040 g/mol. The Balaban J connectivity index is 2.78. The first-order valence-corrected chi connectivity index (χ1v) is 25.3. The molecule has 0 radical (unpaired) electrons. The predicted molar refractivity (Wildman–Crippen MR) is 284 cm³/mol. The fourth-order valence-electron chi connectivity index (χ4n) is 8.03. The van der Waals surface area contributed by atoms with Crippen LogP contribution in [0, 0.1) is 0 Å². The molecule has 3 aromatic rings. The summed E-state index contributed by atoms with van der Waals surface area (Å²) in [5, 5.41) is 57.6. The lowest BCUT2D eigenvalue weighted by molar-refractivity contribution is -0.284. The zero-order valence-electron chi connectivity index (χ0n) is 47.4. The normalized spacial score (nSPS) is 14.6. The molecule has 16 nitrogen and oxygen atoms in total. The molecule has 0 spiro atoms. The van der Waals surface area contributed by atoms with Gasteiger partial charge in [0.05, 0.1) is 39.6 Å². The van der Waals surface area contributed by atoms with Crippen molar-refractivity contribution in [2.45, 2.75) is 181 Å². The van der Waals surface area contributed by atoms with Gasteiger partial charge in [0.15, 0.2) is 12.2 Å². The molecule has 0 aliphatic carbocycles. The molecule has 3 atom stereocenters. The standard InChI is InChI=1S/C58H88O16/c1-53(2,3)34-25-37(47(40(28-34)56(10,11)12)71-22-19-68-31-43(59)50(61)62)46(38-26-35(54(4,5)6)29-41(57(13,14)15)48(38)72-23-20-69-32-44(60)51(63)64)39-27-36(55(7,8)9)30-42(58(16,17)18)49(39)73-24-21-70-33-45(74-67)52(65)66/h25-30,43-46,59-60,67H,19-24,31-33H2,1-18H3,(H,61,62)(H,63,64)(H,65,66). The molecule has 0 aromatic heterocycles. The summed E-state index contributed by atoms with van der Waals surface area (Å²) in [6.07, 6.45) is -5.05. The minimum absolute atomic E-state index is 0.0208. The maximum Gasteiger partial charge on any atom is 0.338 e. The Bertz CT molecular complexity index is 2250. The molecule has 0 saturated heterocycles. The SMILES string of the molecule is CC(C)(C)c1cc(C(c2cc(C(C)(C)C)cc(C(C)(C)C)c2OCCOCC(O)C(=O)O)c2cc(C(C)(C)C)cc(C(C)(C)C)c2OCCOCC(OO)C(=O)O)c(OCCOCC(O)C(=O)O)c(C(C)(C)C)c1. The van der Waals surface area contributed by atoms with Crippen LogP contribution in [0.15, 0.2) is 36.4 Å². The predicted octanol–water partition coefficient (Wildman–Crippen LogP) is 9.67. The molecule has 0 aliphatic heterocycles. The van der Waals surface area contributed by atoms with E-state index in [9.17, 15) is 45.2 Å². The van der Waals surface area contributed by atoms with E-state index in [4.69, 9.17) is 28.4 Å². The lowest BCUT2D eigenvalue weighted by Crippen LogP contribution is -2.29. The van der Waals surface area contributed by atoms with Crippen molar-refractivity contribution >= 4 is 17.9 Å². The monoisotopic (exact) mass is 1040 g/mol. The van der Waals surface area contributed by atoms with Crippen LogP contribution in [0.25, 0.3) is 0 Å². The number of aliphatic hydroxyl groups excluding tert-OH is 2. The van der Waals surface area contributed by atoms with Crippen molar-refractivity contribution < 1.29 is 78.5 Å². The van der Waals surface area contributed by atoms with E-state index in [2.05, 4.69) is 166 Å². The third-order valence-corrected chi connectivity index (χ3v) is 12.5. The molecule has 0 heterocycles. The summed E-state index contributed by atoms with van der Waals surface area (Å²) < 4.78 is 38.1. The molecule has 0 bridgehead atoms. The smallest absolute Gasteiger partial charge is 0.338 e. The van der Waals surface area contributed by atoms with Gasteiger partial charge in [0.2, 0.25) is 6.10 Å². The van der Waals surface area contributed by atoms with Gasteiger partial charge in [-0.1, -0.05) is 161 Å². The molecule has 3 unspecified atom stereocenters. The minimum atomic E-state index is -1.72. The van der Waals surface area contributed by atoms with Gasteiger partial charge in [-0.3, -0.25) is 5.26 Å². The fourth-order valence-corrected chi connectivity index (χ4v) is 8.03. The highest BCUT2D eigenvalue weighted by molar-refractivity contribution is 5.73. The number of aliphatic hydroxyl groups is 2.